The average Bonchev–Trinajstić information content (AvgIpc) is 2.49. The lowest BCUT2D eigenvalue weighted by Crippen LogP contribution is -2.49. The third-order valence-corrected chi connectivity index (χ3v) is 4.24. The first-order valence-electron chi connectivity index (χ1n) is 6.91. The van der Waals surface area contributed by atoms with Crippen LogP contribution in [0.3, 0.4) is 0 Å². The predicted molar refractivity (Wildman–Crippen MR) is 82.1 cm³/mol. The lowest BCUT2D eigenvalue weighted by molar-refractivity contribution is -0.151. The Kier molecular flexibility index (Phi) is 4.71. The van der Waals surface area contributed by atoms with Crippen molar-refractivity contribution in [1.82, 2.24) is 9.88 Å². The number of aliphatic carboxylic acids is 1. The summed E-state index contributed by atoms with van der Waals surface area (Å²) in [5, 5.41) is 9.45. The summed E-state index contributed by atoms with van der Waals surface area (Å²) in [5.74, 6) is -1.27. The van der Waals surface area contributed by atoms with Gasteiger partial charge in [-0.2, -0.15) is 0 Å². The Morgan fingerprint density at radius 3 is 2.86 bits per heavy atom. The second-order valence-electron chi connectivity index (χ2n) is 5.47. The lowest BCUT2D eigenvalue weighted by Gasteiger charge is -2.39. The molecule has 0 aromatic carbocycles. The Morgan fingerprint density at radius 2 is 2.27 bits per heavy atom. The zero-order valence-electron chi connectivity index (χ0n) is 12.0. The fourth-order valence-corrected chi connectivity index (χ4v) is 2.94. The first-order valence-corrected chi connectivity index (χ1v) is 7.29. The van der Waals surface area contributed by atoms with Crippen LogP contribution in [0.4, 0.5) is 0 Å². The molecule has 1 saturated heterocycles. The van der Waals surface area contributed by atoms with Crippen LogP contribution in [0.15, 0.2) is 29.7 Å². The van der Waals surface area contributed by atoms with Gasteiger partial charge in [0.05, 0.1) is 11.0 Å². The molecule has 0 radical (unpaired) electrons. The number of aromatic amines is 1. The number of pyridine rings is 1. The number of carboxylic acids is 1. The van der Waals surface area contributed by atoms with Gasteiger partial charge in [0, 0.05) is 19.3 Å². The van der Waals surface area contributed by atoms with Gasteiger partial charge < -0.3 is 15.0 Å². The first-order chi connectivity index (χ1) is 10.4. The normalized spacial score (nSPS) is 21.4. The van der Waals surface area contributed by atoms with Gasteiger partial charge in [-0.05, 0) is 25.3 Å². The molecule has 1 atom stereocenters. The number of nitrogens with one attached hydrogen (secondary N) is 1. The maximum absolute atomic E-state index is 12.5. The van der Waals surface area contributed by atoms with Crippen molar-refractivity contribution in [2.75, 3.05) is 13.1 Å². The van der Waals surface area contributed by atoms with E-state index in [0.29, 0.717) is 25.8 Å². The molecule has 2 heterocycles. The fraction of sp³-hybridized carbons (Fsp3) is 0.400. The molecule has 0 aliphatic carbocycles. The Morgan fingerprint density at radius 1 is 1.55 bits per heavy atom. The van der Waals surface area contributed by atoms with Crippen molar-refractivity contribution in [3.05, 3.63) is 45.9 Å². The van der Waals surface area contributed by atoms with Gasteiger partial charge in [-0.15, -0.1) is 6.58 Å². The van der Waals surface area contributed by atoms with Crippen molar-refractivity contribution in [3.8, 4) is 0 Å². The fourth-order valence-electron chi connectivity index (χ4n) is 2.77. The van der Waals surface area contributed by atoms with Gasteiger partial charge in [0.25, 0.3) is 11.5 Å². The van der Waals surface area contributed by atoms with Crippen molar-refractivity contribution in [3.63, 3.8) is 0 Å². The van der Waals surface area contributed by atoms with Crippen molar-refractivity contribution in [2.24, 2.45) is 5.41 Å². The SMILES string of the molecule is C=CC[C@]1(C(=O)O)CCCN(C(=O)c2c[nH]c(=O)c(Cl)c2)C1. The summed E-state index contributed by atoms with van der Waals surface area (Å²) in [7, 11) is 0. The number of likely N-dealkylation sites (tertiary alicyclic amines) is 1. The minimum atomic E-state index is -0.998. The van der Waals surface area contributed by atoms with E-state index < -0.39 is 16.9 Å². The molecule has 7 heteroatoms. The Labute approximate surface area is 132 Å². The molecule has 1 aliphatic rings. The predicted octanol–water partition coefficient (Wildman–Crippen LogP) is 1.91. The number of carboxylic acid groups (broad SMARTS) is 1. The maximum Gasteiger partial charge on any atom is 0.311 e. The Bertz CT molecular complexity index is 670. The van der Waals surface area contributed by atoms with Gasteiger partial charge in [-0.25, -0.2) is 0 Å². The quantitative estimate of drug-likeness (QED) is 0.828. The third kappa shape index (κ3) is 3.06. The second kappa shape index (κ2) is 6.36. The van der Waals surface area contributed by atoms with Gasteiger partial charge in [0.2, 0.25) is 0 Å². The topological polar surface area (TPSA) is 90.5 Å². The number of rotatable bonds is 4. The van der Waals surface area contributed by atoms with Crippen LogP contribution in [0, 0.1) is 5.41 Å². The van der Waals surface area contributed by atoms with Gasteiger partial charge in [0.1, 0.15) is 5.02 Å². The summed E-state index contributed by atoms with van der Waals surface area (Å²) in [4.78, 5) is 39.2. The molecule has 0 unspecified atom stereocenters. The molecule has 1 aromatic rings. The van der Waals surface area contributed by atoms with Crippen molar-refractivity contribution in [1.29, 1.82) is 0 Å². The van der Waals surface area contributed by atoms with E-state index in [2.05, 4.69) is 11.6 Å². The number of hydrogen-bond acceptors (Lipinski definition) is 3. The van der Waals surface area contributed by atoms with E-state index in [4.69, 9.17) is 11.6 Å². The summed E-state index contributed by atoms with van der Waals surface area (Å²) in [6.07, 6.45) is 4.27. The lowest BCUT2D eigenvalue weighted by atomic mass is 9.77. The number of carbonyl (C=O) groups is 2. The van der Waals surface area contributed by atoms with Crippen molar-refractivity contribution in [2.45, 2.75) is 19.3 Å². The smallest absolute Gasteiger partial charge is 0.311 e. The summed E-state index contributed by atoms with van der Waals surface area (Å²) in [6.45, 7) is 4.20. The van der Waals surface area contributed by atoms with E-state index >= 15 is 0 Å². The molecule has 0 spiro atoms. The van der Waals surface area contributed by atoms with E-state index in [9.17, 15) is 19.5 Å². The standard InChI is InChI=1S/C15H17ClN2O4/c1-2-4-15(14(21)22)5-3-6-18(9-15)13(20)10-7-11(16)12(19)17-8-10/h2,7-8H,1,3-6,9H2,(H,17,19)(H,21,22)/t15-/m0/s1. The highest BCUT2D eigenvalue weighted by Gasteiger charge is 2.42. The van der Waals surface area contributed by atoms with Gasteiger partial charge in [-0.1, -0.05) is 17.7 Å². The van der Waals surface area contributed by atoms with Crippen LogP contribution in [0.1, 0.15) is 29.6 Å². The van der Waals surface area contributed by atoms with Crippen LogP contribution in [0.25, 0.3) is 0 Å². The molecule has 1 fully saturated rings. The molecule has 2 N–H and O–H groups in total. The van der Waals surface area contributed by atoms with Gasteiger partial charge in [0.15, 0.2) is 0 Å². The minimum Gasteiger partial charge on any atom is -0.481 e. The molecule has 6 nitrogen and oxygen atoms in total. The van der Waals surface area contributed by atoms with Gasteiger partial charge in [-0.3, -0.25) is 14.4 Å². The van der Waals surface area contributed by atoms with Crippen LogP contribution in [-0.4, -0.2) is 40.0 Å². The number of H-pyrrole nitrogens is 1. The third-order valence-electron chi connectivity index (χ3n) is 3.96. The molecule has 2 rings (SSSR count). The Hall–Kier alpha value is -2.08. The van der Waals surface area contributed by atoms with Crippen molar-refractivity contribution < 1.29 is 14.7 Å². The number of hydrogen-bond donors (Lipinski definition) is 2. The van der Waals surface area contributed by atoms with Crippen LogP contribution >= 0.6 is 11.6 Å². The van der Waals surface area contributed by atoms with E-state index in [-0.39, 0.29) is 23.0 Å². The highest BCUT2D eigenvalue weighted by molar-refractivity contribution is 6.30. The highest BCUT2D eigenvalue weighted by atomic mass is 35.5. The summed E-state index contributed by atoms with van der Waals surface area (Å²) >= 11 is 5.73. The zero-order chi connectivity index (χ0) is 16.3. The number of allylic oxidation sites excluding steroid dienone is 1. The first kappa shape index (κ1) is 16.3. The molecule has 0 bridgehead atoms. The number of amides is 1. The molecule has 1 amide bonds. The summed E-state index contributed by atoms with van der Waals surface area (Å²) in [5.41, 5.74) is -1.23. The Balaban J connectivity index is 2.26. The molecule has 22 heavy (non-hydrogen) atoms. The molecular formula is C15H17ClN2O4. The minimum absolute atomic E-state index is 0.0709. The molecule has 0 saturated carbocycles. The average molecular weight is 325 g/mol. The number of halogens is 1. The molecule has 1 aromatic heterocycles. The van der Waals surface area contributed by atoms with Gasteiger partial charge >= 0.3 is 5.97 Å². The molecule has 118 valence electrons. The number of nitrogens with zero attached hydrogens (tertiary/aromatic N) is 1. The number of aromatic nitrogens is 1. The second-order valence-corrected chi connectivity index (χ2v) is 5.88. The zero-order valence-corrected chi connectivity index (χ0v) is 12.7. The van der Waals surface area contributed by atoms with E-state index in [1.165, 1.54) is 17.2 Å². The van der Waals surface area contributed by atoms with E-state index in [1.54, 1.807) is 6.08 Å². The van der Waals surface area contributed by atoms with E-state index in [0.717, 1.165) is 0 Å². The molecule has 1 aliphatic heterocycles. The maximum atomic E-state index is 12.5. The summed E-state index contributed by atoms with van der Waals surface area (Å²) in [6, 6.07) is 1.30. The van der Waals surface area contributed by atoms with Crippen LogP contribution in [0.5, 0.6) is 0 Å². The van der Waals surface area contributed by atoms with Crippen LogP contribution < -0.4 is 5.56 Å². The summed E-state index contributed by atoms with van der Waals surface area (Å²) < 4.78 is 0. The van der Waals surface area contributed by atoms with Crippen LogP contribution in [-0.2, 0) is 4.79 Å². The van der Waals surface area contributed by atoms with E-state index in [1.807, 2.05) is 0 Å². The number of piperidine rings is 1. The van der Waals surface area contributed by atoms with Crippen LogP contribution in [0.2, 0.25) is 5.02 Å². The number of carbonyl (C=O) groups excluding carboxylic acids is 1. The molecular weight excluding hydrogens is 308 g/mol. The largest absolute Gasteiger partial charge is 0.481 e. The van der Waals surface area contributed by atoms with Crippen molar-refractivity contribution >= 4 is 23.5 Å². The highest BCUT2D eigenvalue weighted by Crippen LogP contribution is 2.34. The monoisotopic (exact) mass is 324 g/mol.